The maximum Gasteiger partial charge on any atom is 0.209 e. The number of benzene rings is 1. The summed E-state index contributed by atoms with van der Waals surface area (Å²) in [7, 11) is 2.15. The Balaban J connectivity index is 1.80. The minimum Gasteiger partial charge on any atom is -0.255 e. The molecular weight excluding hydrogens is 306 g/mol. The van der Waals surface area contributed by atoms with E-state index in [-0.39, 0.29) is 5.41 Å². The van der Waals surface area contributed by atoms with Crippen LogP contribution in [-0.2, 0) is 5.41 Å². The van der Waals surface area contributed by atoms with Crippen LogP contribution in [0.25, 0.3) is 22.5 Å². The van der Waals surface area contributed by atoms with Crippen LogP contribution in [0.2, 0.25) is 0 Å². The molecule has 0 spiro atoms. The van der Waals surface area contributed by atoms with Gasteiger partial charge in [-0.2, -0.15) is 0 Å². The molecule has 1 aromatic carbocycles. The average molecular weight is 328 g/mol. The van der Waals surface area contributed by atoms with Crippen LogP contribution in [0.4, 0.5) is 5.69 Å². The van der Waals surface area contributed by atoms with E-state index in [1.807, 2.05) is 24.4 Å². The highest BCUT2D eigenvalue weighted by molar-refractivity contribution is 5.94. The van der Waals surface area contributed by atoms with E-state index in [0.29, 0.717) is 0 Å². The highest BCUT2D eigenvalue weighted by Crippen LogP contribution is 2.41. The van der Waals surface area contributed by atoms with Crippen LogP contribution in [0, 0.1) is 0 Å². The van der Waals surface area contributed by atoms with Crippen LogP contribution in [-0.4, -0.2) is 27.3 Å². The largest absolute Gasteiger partial charge is 0.255 e. The second-order valence-electron chi connectivity index (χ2n) is 7.15. The summed E-state index contributed by atoms with van der Waals surface area (Å²) in [5, 5.41) is 0. The number of rotatable bonds is 2. The van der Waals surface area contributed by atoms with Crippen molar-refractivity contribution >= 4 is 11.4 Å². The van der Waals surface area contributed by atoms with Crippen molar-refractivity contribution in [2.45, 2.75) is 26.2 Å². The van der Waals surface area contributed by atoms with Crippen molar-refractivity contribution in [1.82, 2.24) is 9.97 Å². The Morgan fingerprint density at radius 2 is 1.60 bits per heavy atom. The Labute approximate surface area is 148 Å². The number of fused-ring (bicyclic) bond motifs is 1. The molecule has 0 saturated carbocycles. The molecule has 0 atom stereocenters. The molecule has 0 fully saturated rings. The van der Waals surface area contributed by atoms with Crippen molar-refractivity contribution in [2.75, 3.05) is 7.05 Å². The Kier molecular flexibility index (Phi) is 3.53. The van der Waals surface area contributed by atoms with E-state index in [4.69, 9.17) is 0 Å². The molecule has 0 N–H and O–H groups in total. The Bertz CT molecular complexity index is 985. The lowest BCUT2D eigenvalue weighted by atomic mass is 9.81. The highest BCUT2D eigenvalue weighted by Gasteiger charge is 2.41. The molecule has 3 heterocycles. The number of aromatic nitrogens is 2. The van der Waals surface area contributed by atoms with Gasteiger partial charge < -0.3 is 0 Å². The summed E-state index contributed by atoms with van der Waals surface area (Å²) in [6, 6.07) is 16.8. The van der Waals surface area contributed by atoms with E-state index in [9.17, 15) is 0 Å². The monoisotopic (exact) mass is 328 g/mol. The quantitative estimate of drug-likeness (QED) is 0.630. The van der Waals surface area contributed by atoms with Gasteiger partial charge in [0.05, 0.1) is 16.8 Å². The first kappa shape index (κ1) is 15.7. The molecule has 25 heavy (non-hydrogen) atoms. The zero-order valence-corrected chi connectivity index (χ0v) is 15.1. The van der Waals surface area contributed by atoms with Gasteiger partial charge >= 0.3 is 0 Å². The van der Waals surface area contributed by atoms with Crippen LogP contribution in [0.5, 0.6) is 0 Å². The fourth-order valence-corrected chi connectivity index (χ4v) is 3.57. The predicted molar refractivity (Wildman–Crippen MR) is 102 cm³/mol. The smallest absolute Gasteiger partial charge is 0.209 e. The van der Waals surface area contributed by atoms with Crippen LogP contribution >= 0.6 is 0 Å². The van der Waals surface area contributed by atoms with E-state index in [1.54, 1.807) is 6.20 Å². The Morgan fingerprint density at radius 1 is 0.840 bits per heavy atom. The van der Waals surface area contributed by atoms with Crippen LogP contribution in [0.15, 0.2) is 60.9 Å². The topological polar surface area (TPSA) is 28.8 Å². The maximum absolute atomic E-state index is 4.49. The fraction of sp³-hybridized carbons (Fsp3) is 0.227. The van der Waals surface area contributed by atoms with Crippen LogP contribution in [0.1, 0.15) is 26.3 Å². The lowest BCUT2D eigenvalue weighted by Crippen LogP contribution is -2.25. The van der Waals surface area contributed by atoms with Gasteiger partial charge in [0.25, 0.3) is 0 Å². The number of hydrogen-bond donors (Lipinski definition) is 0. The maximum atomic E-state index is 4.49. The van der Waals surface area contributed by atoms with E-state index in [2.05, 4.69) is 72.7 Å². The first-order chi connectivity index (χ1) is 12.0. The van der Waals surface area contributed by atoms with Gasteiger partial charge in [0.1, 0.15) is 7.05 Å². The van der Waals surface area contributed by atoms with E-state index in [0.717, 1.165) is 11.4 Å². The molecule has 3 nitrogen and oxygen atoms in total. The highest BCUT2D eigenvalue weighted by atomic mass is 15.0. The third kappa shape index (κ3) is 2.47. The Morgan fingerprint density at radius 3 is 2.36 bits per heavy atom. The molecule has 3 aromatic rings. The molecular formula is C22H22N3+. The van der Waals surface area contributed by atoms with Gasteiger partial charge in [-0.3, -0.25) is 9.97 Å². The standard InChI is InChI=1S/C22H22N3/c1-15-22(2,3)18-13-16(8-9-21(18)25(15)4)17-10-12-24-20(14-17)19-7-5-6-11-23-19/h5-14H,1-4H3/q+1. The molecule has 3 heteroatoms. The van der Waals surface area contributed by atoms with Gasteiger partial charge in [-0.15, -0.1) is 0 Å². The number of hydrogen-bond acceptors (Lipinski definition) is 2. The molecule has 0 saturated heterocycles. The molecule has 1 aliphatic rings. The minimum atomic E-state index is 0.0525. The third-order valence-corrected chi connectivity index (χ3v) is 5.46. The molecule has 0 radical (unpaired) electrons. The first-order valence-corrected chi connectivity index (χ1v) is 8.58. The van der Waals surface area contributed by atoms with Crippen molar-refractivity contribution in [1.29, 1.82) is 0 Å². The minimum absolute atomic E-state index is 0.0525. The van der Waals surface area contributed by atoms with Crippen molar-refractivity contribution in [2.24, 2.45) is 0 Å². The molecule has 0 bridgehead atoms. The summed E-state index contributed by atoms with van der Waals surface area (Å²) in [5.41, 5.74) is 8.29. The van der Waals surface area contributed by atoms with Crippen molar-refractivity contribution < 1.29 is 4.58 Å². The zero-order chi connectivity index (χ0) is 17.6. The normalized spacial score (nSPS) is 15.4. The SMILES string of the molecule is CC1=[N+](C)c2ccc(-c3ccnc(-c4ccccn4)c3)cc2C1(C)C. The summed E-state index contributed by atoms with van der Waals surface area (Å²) in [4.78, 5) is 8.90. The summed E-state index contributed by atoms with van der Waals surface area (Å²) >= 11 is 0. The first-order valence-electron chi connectivity index (χ1n) is 8.58. The third-order valence-electron chi connectivity index (χ3n) is 5.46. The zero-order valence-electron chi connectivity index (χ0n) is 15.1. The molecule has 0 amide bonds. The number of pyridine rings is 2. The van der Waals surface area contributed by atoms with Crippen molar-refractivity contribution in [3.63, 3.8) is 0 Å². The van der Waals surface area contributed by atoms with E-state index in [1.165, 1.54) is 28.1 Å². The second kappa shape index (κ2) is 5.62. The molecule has 0 unspecified atom stereocenters. The van der Waals surface area contributed by atoms with Gasteiger partial charge in [0, 0.05) is 30.9 Å². The van der Waals surface area contributed by atoms with Crippen LogP contribution < -0.4 is 0 Å². The summed E-state index contributed by atoms with van der Waals surface area (Å²) in [6.07, 6.45) is 3.66. The molecule has 2 aromatic heterocycles. The van der Waals surface area contributed by atoms with E-state index < -0.39 is 0 Å². The van der Waals surface area contributed by atoms with E-state index >= 15 is 0 Å². The van der Waals surface area contributed by atoms with Gasteiger partial charge in [-0.1, -0.05) is 6.07 Å². The fourth-order valence-electron chi connectivity index (χ4n) is 3.57. The average Bonchev–Trinajstić information content (AvgIpc) is 2.83. The van der Waals surface area contributed by atoms with Gasteiger partial charge in [-0.25, -0.2) is 4.58 Å². The predicted octanol–water partition coefficient (Wildman–Crippen LogP) is 4.84. The summed E-state index contributed by atoms with van der Waals surface area (Å²) < 4.78 is 2.30. The molecule has 0 aliphatic carbocycles. The second-order valence-corrected chi connectivity index (χ2v) is 7.15. The van der Waals surface area contributed by atoms with Gasteiger partial charge in [-0.05, 0) is 61.4 Å². The molecule has 124 valence electrons. The Hall–Kier alpha value is -2.81. The molecule has 4 rings (SSSR count). The summed E-state index contributed by atoms with van der Waals surface area (Å²) in [6.45, 7) is 6.80. The van der Waals surface area contributed by atoms with Crippen LogP contribution in [0.3, 0.4) is 0 Å². The van der Waals surface area contributed by atoms with Crippen molar-refractivity contribution in [3.8, 4) is 22.5 Å². The number of nitrogens with zero attached hydrogens (tertiary/aromatic N) is 3. The van der Waals surface area contributed by atoms with Gasteiger partial charge in [0.2, 0.25) is 5.69 Å². The summed E-state index contributed by atoms with van der Waals surface area (Å²) in [5.74, 6) is 0. The molecule has 1 aliphatic heterocycles. The van der Waals surface area contributed by atoms with Gasteiger partial charge in [0.15, 0.2) is 5.71 Å². The lowest BCUT2D eigenvalue weighted by molar-refractivity contribution is -0.403. The van der Waals surface area contributed by atoms with Crippen molar-refractivity contribution in [3.05, 3.63) is 66.5 Å². The lowest BCUT2D eigenvalue weighted by Gasteiger charge is -2.16.